The largest absolute Gasteiger partial charge is 0.389 e. The van der Waals surface area contributed by atoms with Crippen LogP contribution < -0.4 is 11.1 Å². The maximum Gasteiger partial charge on any atom is 0.223 e. The van der Waals surface area contributed by atoms with Crippen molar-refractivity contribution in [2.45, 2.75) is 45.8 Å². The summed E-state index contributed by atoms with van der Waals surface area (Å²) in [5.41, 5.74) is 5.97. The molecule has 0 aromatic rings. The predicted molar refractivity (Wildman–Crippen MR) is 74.5 cm³/mol. The van der Waals surface area contributed by atoms with Gasteiger partial charge in [0, 0.05) is 25.6 Å². The van der Waals surface area contributed by atoms with Gasteiger partial charge in [-0.05, 0) is 24.2 Å². The van der Waals surface area contributed by atoms with Gasteiger partial charge in [-0.25, -0.2) is 0 Å². The van der Waals surface area contributed by atoms with Gasteiger partial charge < -0.3 is 20.9 Å². The van der Waals surface area contributed by atoms with Crippen LogP contribution in [0.5, 0.6) is 0 Å². The first-order valence-electron chi connectivity index (χ1n) is 7.01. The molecule has 0 aromatic carbocycles. The molecule has 112 valence electrons. The molecule has 1 fully saturated rings. The third-order valence-electron chi connectivity index (χ3n) is 4.69. The van der Waals surface area contributed by atoms with Crippen LogP contribution >= 0.6 is 0 Å². The van der Waals surface area contributed by atoms with Crippen LogP contribution in [0.25, 0.3) is 0 Å². The molecular weight excluding hydrogens is 244 g/mol. The molecule has 1 aliphatic carbocycles. The molecule has 0 spiro atoms. The summed E-state index contributed by atoms with van der Waals surface area (Å²) in [5, 5.41) is 12.4. The van der Waals surface area contributed by atoms with Crippen molar-refractivity contribution in [1.82, 2.24) is 5.32 Å². The lowest BCUT2D eigenvalue weighted by atomic mass is 9.61. The second-order valence-corrected chi connectivity index (χ2v) is 6.26. The van der Waals surface area contributed by atoms with Crippen molar-refractivity contribution in [2.24, 2.45) is 23.0 Å². The molecule has 0 aliphatic heterocycles. The fourth-order valence-corrected chi connectivity index (χ4v) is 2.91. The van der Waals surface area contributed by atoms with Crippen molar-refractivity contribution in [1.29, 1.82) is 0 Å². The Labute approximate surface area is 115 Å². The first kappa shape index (κ1) is 16.4. The van der Waals surface area contributed by atoms with Gasteiger partial charge in [0.2, 0.25) is 5.91 Å². The average Bonchev–Trinajstić information content (AvgIpc) is 2.34. The van der Waals surface area contributed by atoms with E-state index in [1.807, 2.05) is 0 Å². The highest BCUT2D eigenvalue weighted by atomic mass is 16.5. The molecule has 1 amide bonds. The van der Waals surface area contributed by atoms with Crippen LogP contribution in [0.2, 0.25) is 0 Å². The molecule has 19 heavy (non-hydrogen) atoms. The molecule has 1 saturated carbocycles. The Morgan fingerprint density at radius 2 is 2.16 bits per heavy atom. The summed E-state index contributed by atoms with van der Waals surface area (Å²) >= 11 is 0. The Morgan fingerprint density at radius 1 is 1.53 bits per heavy atom. The minimum absolute atomic E-state index is 0.0129. The second kappa shape index (κ2) is 6.68. The minimum atomic E-state index is -0.652. The van der Waals surface area contributed by atoms with Crippen LogP contribution in [0.4, 0.5) is 0 Å². The maximum absolute atomic E-state index is 12.3. The summed E-state index contributed by atoms with van der Waals surface area (Å²) in [4.78, 5) is 12.3. The third kappa shape index (κ3) is 3.91. The quantitative estimate of drug-likeness (QED) is 0.681. The third-order valence-corrected chi connectivity index (χ3v) is 4.69. The smallest absolute Gasteiger partial charge is 0.223 e. The highest BCUT2D eigenvalue weighted by Crippen LogP contribution is 2.44. The first-order valence-corrected chi connectivity index (χ1v) is 7.01. The molecule has 4 unspecified atom stereocenters. The van der Waals surface area contributed by atoms with Gasteiger partial charge in [0.05, 0.1) is 12.7 Å². The second-order valence-electron chi connectivity index (χ2n) is 6.26. The maximum atomic E-state index is 12.3. The number of hydrogen-bond donors (Lipinski definition) is 3. The summed E-state index contributed by atoms with van der Waals surface area (Å²) in [5.74, 6) is 0.275. The van der Waals surface area contributed by atoms with E-state index in [-0.39, 0.29) is 36.4 Å². The lowest BCUT2D eigenvalue weighted by Crippen LogP contribution is -2.52. The zero-order chi connectivity index (χ0) is 14.6. The molecular formula is C14H28N2O3. The Bertz CT molecular complexity index is 307. The number of carbonyl (C=O) groups excluding carboxylic acids is 1. The summed E-state index contributed by atoms with van der Waals surface area (Å²) in [6, 6.07) is 0.165. The van der Waals surface area contributed by atoms with E-state index in [0.717, 1.165) is 12.8 Å². The highest BCUT2D eigenvalue weighted by molar-refractivity contribution is 5.79. The van der Waals surface area contributed by atoms with Crippen LogP contribution in [-0.4, -0.2) is 43.4 Å². The molecule has 4 atom stereocenters. The van der Waals surface area contributed by atoms with Crippen molar-refractivity contribution < 1.29 is 14.6 Å². The van der Waals surface area contributed by atoms with E-state index in [9.17, 15) is 9.90 Å². The average molecular weight is 272 g/mol. The van der Waals surface area contributed by atoms with Crippen molar-refractivity contribution in [3.05, 3.63) is 0 Å². The number of nitrogens with one attached hydrogen (secondary N) is 1. The van der Waals surface area contributed by atoms with Gasteiger partial charge in [-0.2, -0.15) is 0 Å². The number of aliphatic hydroxyl groups excluding tert-OH is 1. The number of hydrogen-bond acceptors (Lipinski definition) is 4. The number of methoxy groups -OCH3 is 1. The lowest BCUT2D eigenvalue weighted by molar-refractivity contribution is -0.133. The predicted octanol–water partition coefficient (Wildman–Crippen LogP) is 0.510. The van der Waals surface area contributed by atoms with Crippen molar-refractivity contribution in [3.8, 4) is 0 Å². The fourth-order valence-electron chi connectivity index (χ4n) is 2.91. The molecule has 5 nitrogen and oxygen atoms in total. The zero-order valence-corrected chi connectivity index (χ0v) is 12.5. The van der Waals surface area contributed by atoms with Crippen LogP contribution in [-0.2, 0) is 9.53 Å². The molecule has 0 saturated heterocycles. The monoisotopic (exact) mass is 272 g/mol. The van der Waals surface area contributed by atoms with Crippen LogP contribution in [0.3, 0.4) is 0 Å². The van der Waals surface area contributed by atoms with Crippen molar-refractivity contribution in [3.63, 3.8) is 0 Å². The van der Waals surface area contributed by atoms with Crippen LogP contribution in [0.15, 0.2) is 0 Å². The van der Waals surface area contributed by atoms with Gasteiger partial charge in [0.15, 0.2) is 0 Å². The van der Waals surface area contributed by atoms with E-state index in [0.29, 0.717) is 5.92 Å². The molecule has 4 N–H and O–H groups in total. The van der Waals surface area contributed by atoms with Gasteiger partial charge in [-0.1, -0.05) is 20.8 Å². The molecule has 0 heterocycles. The van der Waals surface area contributed by atoms with E-state index in [1.165, 1.54) is 7.11 Å². The number of nitrogens with two attached hydrogens (primary N) is 1. The van der Waals surface area contributed by atoms with E-state index in [2.05, 4.69) is 26.1 Å². The van der Waals surface area contributed by atoms with E-state index < -0.39 is 6.10 Å². The highest BCUT2D eigenvalue weighted by Gasteiger charge is 2.44. The van der Waals surface area contributed by atoms with Crippen LogP contribution in [0, 0.1) is 17.3 Å². The van der Waals surface area contributed by atoms with E-state index in [4.69, 9.17) is 10.5 Å². The van der Waals surface area contributed by atoms with Gasteiger partial charge in [-0.3, -0.25) is 4.79 Å². The van der Waals surface area contributed by atoms with Crippen molar-refractivity contribution >= 4 is 5.91 Å². The number of aliphatic hydroxyl groups is 1. The van der Waals surface area contributed by atoms with Crippen LogP contribution in [0.1, 0.15) is 33.6 Å². The lowest BCUT2D eigenvalue weighted by Gasteiger charge is -2.46. The molecule has 0 aromatic heterocycles. The molecule has 1 rings (SSSR count). The molecule has 1 aliphatic rings. The number of carbonyl (C=O) groups is 1. The van der Waals surface area contributed by atoms with Gasteiger partial charge >= 0.3 is 0 Å². The number of ether oxygens (including phenoxy) is 1. The minimum Gasteiger partial charge on any atom is -0.389 e. The first-order chi connectivity index (χ1) is 8.80. The fraction of sp³-hybridized carbons (Fsp3) is 0.929. The number of amides is 1. The Hall–Kier alpha value is -0.650. The SMILES string of the molecule is COCC(O)CNC(=O)C1CCC(N)C(C)C1(C)C. The number of rotatable bonds is 5. The zero-order valence-electron chi connectivity index (χ0n) is 12.5. The summed E-state index contributed by atoms with van der Waals surface area (Å²) in [6.07, 6.45) is 1.04. The summed E-state index contributed by atoms with van der Waals surface area (Å²) in [7, 11) is 1.53. The summed E-state index contributed by atoms with van der Waals surface area (Å²) in [6.45, 7) is 6.79. The summed E-state index contributed by atoms with van der Waals surface area (Å²) < 4.78 is 4.84. The normalized spacial score (nSPS) is 31.8. The topological polar surface area (TPSA) is 84.6 Å². The molecule has 5 heteroatoms. The van der Waals surface area contributed by atoms with Gasteiger partial charge in [0.25, 0.3) is 0 Å². The Balaban J connectivity index is 2.56. The molecule has 0 radical (unpaired) electrons. The Morgan fingerprint density at radius 3 is 2.74 bits per heavy atom. The standard InChI is InChI=1S/C14H28N2O3/c1-9-12(15)6-5-11(14(9,2)3)13(18)16-7-10(17)8-19-4/h9-12,17H,5-8,15H2,1-4H3,(H,16,18). The van der Waals surface area contributed by atoms with E-state index in [1.54, 1.807) is 0 Å². The molecule has 0 bridgehead atoms. The van der Waals surface area contributed by atoms with Gasteiger partial charge in [0.1, 0.15) is 0 Å². The van der Waals surface area contributed by atoms with Crippen molar-refractivity contribution in [2.75, 3.05) is 20.3 Å². The Kier molecular flexibility index (Phi) is 5.77. The van der Waals surface area contributed by atoms with Gasteiger partial charge in [-0.15, -0.1) is 0 Å². The van der Waals surface area contributed by atoms with E-state index >= 15 is 0 Å².